The Morgan fingerprint density at radius 3 is 2.76 bits per heavy atom. The summed E-state index contributed by atoms with van der Waals surface area (Å²) in [5, 5.41) is 6.81. The lowest BCUT2D eigenvalue weighted by molar-refractivity contribution is 0.0456. The van der Waals surface area contributed by atoms with Crippen molar-refractivity contribution in [1.82, 2.24) is 5.32 Å². The molecule has 1 aliphatic heterocycles. The number of benzene rings is 2. The first-order valence-corrected chi connectivity index (χ1v) is 8.51. The molecular weight excluding hydrogens is 336 g/mol. The summed E-state index contributed by atoms with van der Waals surface area (Å²) < 4.78 is 10.5. The molecule has 2 N–H and O–H groups in total. The minimum absolute atomic E-state index is 0.00796. The summed E-state index contributed by atoms with van der Waals surface area (Å²) in [5.41, 5.74) is 3.85. The number of fused-ring (bicyclic) bond motifs is 1. The van der Waals surface area contributed by atoms with Gasteiger partial charge in [0.15, 0.2) is 5.11 Å². The van der Waals surface area contributed by atoms with Crippen molar-refractivity contribution in [3.05, 3.63) is 65.2 Å². The van der Waals surface area contributed by atoms with Crippen molar-refractivity contribution in [1.29, 1.82) is 0 Å². The molecule has 0 saturated carbocycles. The number of hydrogen-bond acceptors (Lipinski definition) is 4. The molecule has 1 heterocycles. The summed E-state index contributed by atoms with van der Waals surface area (Å²) in [5.74, 6) is -0.361. The van der Waals surface area contributed by atoms with Gasteiger partial charge < -0.3 is 20.1 Å². The van der Waals surface area contributed by atoms with Gasteiger partial charge in [-0.25, -0.2) is 4.79 Å². The first-order valence-electron chi connectivity index (χ1n) is 8.10. The lowest BCUT2D eigenvalue weighted by Gasteiger charge is -2.26. The third-order valence-electron chi connectivity index (χ3n) is 4.10. The number of anilines is 1. The molecule has 0 amide bonds. The Labute approximate surface area is 152 Å². The van der Waals surface area contributed by atoms with E-state index in [-0.39, 0.29) is 12.1 Å². The van der Waals surface area contributed by atoms with Crippen molar-refractivity contribution in [3.8, 4) is 0 Å². The minimum atomic E-state index is -0.361. The lowest BCUT2D eigenvalue weighted by atomic mass is 9.98. The number of thiocarbonyl (C=S) groups is 1. The molecule has 0 saturated heterocycles. The van der Waals surface area contributed by atoms with Crippen LogP contribution in [0.4, 0.5) is 5.69 Å². The van der Waals surface area contributed by atoms with Crippen LogP contribution in [-0.4, -0.2) is 31.3 Å². The second kappa shape index (κ2) is 8.09. The SMILES string of the molecule is COC(=O)c1ccc(NC(=S)NCC2OCCc3ccccc32)cc1. The van der Waals surface area contributed by atoms with E-state index in [1.807, 2.05) is 6.07 Å². The summed E-state index contributed by atoms with van der Waals surface area (Å²) in [6.07, 6.45) is 0.938. The van der Waals surface area contributed by atoms with Crippen LogP contribution in [-0.2, 0) is 15.9 Å². The maximum Gasteiger partial charge on any atom is 0.337 e. The molecular formula is C19H20N2O3S. The molecule has 0 aromatic heterocycles. The first-order chi connectivity index (χ1) is 12.2. The molecule has 0 fully saturated rings. The Bertz CT molecular complexity index is 762. The average Bonchev–Trinajstić information content (AvgIpc) is 2.66. The number of carbonyl (C=O) groups excluding carboxylic acids is 1. The van der Waals surface area contributed by atoms with Crippen LogP contribution in [0.2, 0.25) is 0 Å². The molecule has 0 radical (unpaired) electrons. The summed E-state index contributed by atoms with van der Waals surface area (Å²) in [4.78, 5) is 11.4. The summed E-state index contributed by atoms with van der Waals surface area (Å²) in [7, 11) is 1.36. The van der Waals surface area contributed by atoms with Crippen molar-refractivity contribution in [2.24, 2.45) is 0 Å². The van der Waals surface area contributed by atoms with E-state index in [0.717, 1.165) is 18.7 Å². The van der Waals surface area contributed by atoms with Crippen molar-refractivity contribution < 1.29 is 14.3 Å². The largest absolute Gasteiger partial charge is 0.465 e. The van der Waals surface area contributed by atoms with Gasteiger partial charge in [0.1, 0.15) is 6.10 Å². The van der Waals surface area contributed by atoms with Crippen molar-refractivity contribution in [2.75, 3.05) is 25.6 Å². The summed E-state index contributed by atoms with van der Waals surface area (Å²) >= 11 is 5.34. The van der Waals surface area contributed by atoms with Crippen LogP contribution < -0.4 is 10.6 Å². The Balaban J connectivity index is 1.54. The highest BCUT2D eigenvalue weighted by atomic mass is 32.1. The van der Waals surface area contributed by atoms with E-state index in [2.05, 4.69) is 33.6 Å². The molecule has 1 atom stereocenters. The smallest absolute Gasteiger partial charge is 0.337 e. The van der Waals surface area contributed by atoms with Gasteiger partial charge in [0.25, 0.3) is 0 Å². The normalized spacial score (nSPS) is 15.8. The molecule has 1 aliphatic rings. The Kier molecular flexibility index (Phi) is 5.63. The highest BCUT2D eigenvalue weighted by molar-refractivity contribution is 7.80. The van der Waals surface area contributed by atoms with Gasteiger partial charge in [0.2, 0.25) is 0 Å². The number of ether oxygens (including phenoxy) is 2. The molecule has 0 aliphatic carbocycles. The monoisotopic (exact) mass is 356 g/mol. The fourth-order valence-corrected chi connectivity index (χ4v) is 3.02. The van der Waals surface area contributed by atoms with Gasteiger partial charge in [-0.05, 0) is 54.0 Å². The third kappa shape index (κ3) is 4.35. The Morgan fingerprint density at radius 2 is 2.00 bits per heavy atom. The third-order valence-corrected chi connectivity index (χ3v) is 4.35. The van der Waals surface area contributed by atoms with Gasteiger partial charge >= 0.3 is 5.97 Å². The van der Waals surface area contributed by atoms with Crippen LogP contribution in [0.3, 0.4) is 0 Å². The van der Waals surface area contributed by atoms with E-state index in [9.17, 15) is 4.79 Å². The first kappa shape index (κ1) is 17.4. The maximum atomic E-state index is 11.4. The van der Waals surface area contributed by atoms with E-state index in [4.69, 9.17) is 17.0 Å². The summed E-state index contributed by atoms with van der Waals surface area (Å²) in [6.45, 7) is 1.32. The number of nitrogens with one attached hydrogen (secondary N) is 2. The van der Waals surface area contributed by atoms with Gasteiger partial charge in [0.05, 0.1) is 19.3 Å². The summed E-state index contributed by atoms with van der Waals surface area (Å²) in [6, 6.07) is 15.3. The zero-order chi connectivity index (χ0) is 17.6. The molecule has 2 aromatic rings. The quantitative estimate of drug-likeness (QED) is 0.649. The molecule has 2 aromatic carbocycles. The molecule has 5 nitrogen and oxygen atoms in total. The van der Waals surface area contributed by atoms with Crippen molar-refractivity contribution >= 4 is 29.0 Å². The second-order valence-electron chi connectivity index (χ2n) is 5.71. The highest BCUT2D eigenvalue weighted by Gasteiger charge is 2.20. The number of rotatable bonds is 4. The number of carbonyl (C=O) groups is 1. The van der Waals surface area contributed by atoms with E-state index < -0.39 is 0 Å². The lowest BCUT2D eigenvalue weighted by Crippen LogP contribution is -2.34. The van der Waals surface area contributed by atoms with Crippen LogP contribution in [0, 0.1) is 0 Å². The Morgan fingerprint density at radius 1 is 1.24 bits per heavy atom. The molecule has 3 rings (SSSR count). The van der Waals surface area contributed by atoms with Crippen LogP contribution >= 0.6 is 12.2 Å². The molecule has 0 bridgehead atoms. The van der Waals surface area contributed by atoms with Gasteiger partial charge in [-0.3, -0.25) is 0 Å². The highest BCUT2D eigenvalue weighted by Crippen LogP contribution is 2.26. The predicted octanol–water partition coefficient (Wildman–Crippen LogP) is 3.07. The van der Waals surface area contributed by atoms with Crippen LogP contribution in [0.1, 0.15) is 27.6 Å². The standard InChI is InChI=1S/C19H20N2O3S/c1-23-18(22)14-6-8-15(9-7-14)21-19(25)20-12-17-16-5-3-2-4-13(16)10-11-24-17/h2-9,17H,10-12H2,1H3,(H2,20,21,25). The maximum absolute atomic E-state index is 11.4. The molecule has 6 heteroatoms. The molecule has 1 unspecified atom stereocenters. The van der Waals surface area contributed by atoms with Gasteiger partial charge in [-0.15, -0.1) is 0 Å². The Hall–Kier alpha value is -2.44. The van der Waals surface area contributed by atoms with Crippen molar-refractivity contribution in [3.63, 3.8) is 0 Å². The minimum Gasteiger partial charge on any atom is -0.465 e. The zero-order valence-corrected chi connectivity index (χ0v) is 14.8. The van der Waals surface area contributed by atoms with E-state index in [0.29, 0.717) is 17.2 Å². The molecule has 0 spiro atoms. The van der Waals surface area contributed by atoms with E-state index in [1.54, 1.807) is 24.3 Å². The molecule has 130 valence electrons. The van der Waals surface area contributed by atoms with E-state index >= 15 is 0 Å². The number of esters is 1. The fourth-order valence-electron chi connectivity index (χ4n) is 2.81. The predicted molar refractivity (Wildman–Crippen MR) is 101 cm³/mol. The molecule has 25 heavy (non-hydrogen) atoms. The zero-order valence-electron chi connectivity index (χ0n) is 14.0. The van der Waals surface area contributed by atoms with Crippen LogP contribution in [0.25, 0.3) is 0 Å². The topological polar surface area (TPSA) is 59.6 Å². The number of methoxy groups -OCH3 is 1. The van der Waals surface area contributed by atoms with Gasteiger partial charge in [-0.1, -0.05) is 24.3 Å². The van der Waals surface area contributed by atoms with Crippen molar-refractivity contribution in [2.45, 2.75) is 12.5 Å². The second-order valence-corrected chi connectivity index (χ2v) is 6.12. The van der Waals surface area contributed by atoms with E-state index in [1.165, 1.54) is 18.2 Å². The van der Waals surface area contributed by atoms with Crippen LogP contribution in [0.5, 0.6) is 0 Å². The van der Waals surface area contributed by atoms with Gasteiger partial charge in [-0.2, -0.15) is 0 Å². The average molecular weight is 356 g/mol. The van der Waals surface area contributed by atoms with Gasteiger partial charge in [0, 0.05) is 12.2 Å². The number of hydrogen-bond donors (Lipinski definition) is 2. The fraction of sp³-hybridized carbons (Fsp3) is 0.263. The van der Waals surface area contributed by atoms with Crippen LogP contribution in [0.15, 0.2) is 48.5 Å².